The van der Waals surface area contributed by atoms with Crippen LogP contribution in [0.3, 0.4) is 0 Å². The van der Waals surface area contributed by atoms with Gasteiger partial charge in [0, 0.05) is 5.16 Å². The summed E-state index contributed by atoms with van der Waals surface area (Å²) in [6.07, 6.45) is 0.343. The van der Waals surface area contributed by atoms with E-state index in [1.807, 2.05) is 26.8 Å². The monoisotopic (exact) mass is 175 g/mol. The lowest BCUT2D eigenvalue weighted by atomic mass is 10.3. The van der Waals surface area contributed by atoms with Crippen molar-refractivity contribution >= 4 is 8.38 Å². The SMILES string of the molecule is CC(C)(C)P(O)OCCC#N. The van der Waals surface area contributed by atoms with E-state index in [0.717, 1.165) is 0 Å². The molecule has 0 aromatic rings. The third-order valence-electron chi connectivity index (χ3n) is 1.00. The van der Waals surface area contributed by atoms with Gasteiger partial charge in [0.25, 0.3) is 0 Å². The van der Waals surface area contributed by atoms with Gasteiger partial charge in [-0.15, -0.1) is 0 Å². The van der Waals surface area contributed by atoms with Gasteiger partial charge in [-0.1, -0.05) is 20.8 Å². The topological polar surface area (TPSA) is 53.2 Å². The highest BCUT2D eigenvalue weighted by Gasteiger charge is 2.23. The highest BCUT2D eigenvalue weighted by atomic mass is 31.2. The van der Waals surface area contributed by atoms with Gasteiger partial charge in [-0.05, 0) is 0 Å². The third-order valence-corrected chi connectivity index (χ3v) is 2.58. The minimum atomic E-state index is -1.38. The molecule has 0 fully saturated rings. The zero-order valence-electron chi connectivity index (χ0n) is 7.16. The van der Waals surface area contributed by atoms with Gasteiger partial charge in [0.15, 0.2) is 8.38 Å². The summed E-state index contributed by atoms with van der Waals surface area (Å²) < 4.78 is 5.04. The highest BCUT2D eigenvalue weighted by molar-refractivity contribution is 7.47. The van der Waals surface area contributed by atoms with Crippen LogP contribution >= 0.6 is 8.38 Å². The minimum Gasteiger partial charge on any atom is -0.350 e. The molecule has 0 amide bonds. The fourth-order valence-corrected chi connectivity index (χ4v) is 1.02. The summed E-state index contributed by atoms with van der Waals surface area (Å²) in [4.78, 5) is 9.35. The van der Waals surface area contributed by atoms with Crippen LogP contribution in [0, 0.1) is 11.3 Å². The van der Waals surface area contributed by atoms with Crippen molar-refractivity contribution in [3.63, 3.8) is 0 Å². The molecule has 0 aromatic heterocycles. The number of hydrogen-bond donors (Lipinski definition) is 1. The number of hydrogen-bond acceptors (Lipinski definition) is 3. The summed E-state index contributed by atoms with van der Waals surface area (Å²) in [5.41, 5.74) is 0. The number of nitriles is 1. The molecule has 11 heavy (non-hydrogen) atoms. The molecule has 0 heterocycles. The molecule has 0 aliphatic heterocycles. The molecule has 64 valence electrons. The average molecular weight is 175 g/mol. The summed E-state index contributed by atoms with van der Waals surface area (Å²) in [6.45, 7) is 6.05. The van der Waals surface area contributed by atoms with E-state index < -0.39 is 8.38 Å². The standard InChI is InChI=1S/C7H14NO2P/c1-7(2,3)11(9)10-6-4-5-8/h9H,4,6H2,1-3H3. The van der Waals surface area contributed by atoms with Gasteiger partial charge in [0.05, 0.1) is 19.1 Å². The van der Waals surface area contributed by atoms with Crippen molar-refractivity contribution in [3.8, 4) is 6.07 Å². The van der Waals surface area contributed by atoms with Crippen LogP contribution < -0.4 is 0 Å². The van der Waals surface area contributed by atoms with E-state index >= 15 is 0 Å². The van der Waals surface area contributed by atoms with Crippen LogP contribution in [0.2, 0.25) is 0 Å². The molecular weight excluding hydrogens is 161 g/mol. The molecule has 0 radical (unpaired) electrons. The van der Waals surface area contributed by atoms with Crippen molar-refractivity contribution in [2.24, 2.45) is 0 Å². The molecular formula is C7H14NO2P. The molecule has 0 aromatic carbocycles. The van der Waals surface area contributed by atoms with Crippen LogP contribution in [0.4, 0.5) is 0 Å². The van der Waals surface area contributed by atoms with Gasteiger partial charge < -0.3 is 9.42 Å². The predicted molar refractivity (Wildman–Crippen MR) is 45.1 cm³/mol. The second-order valence-electron chi connectivity index (χ2n) is 3.19. The molecule has 0 bridgehead atoms. The lowest BCUT2D eigenvalue weighted by Gasteiger charge is -2.23. The summed E-state index contributed by atoms with van der Waals surface area (Å²) in [5, 5.41) is 7.97. The molecule has 0 rings (SSSR count). The van der Waals surface area contributed by atoms with Crippen molar-refractivity contribution in [1.29, 1.82) is 5.26 Å². The molecule has 0 saturated heterocycles. The Labute approximate surface area is 68.9 Å². The van der Waals surface area contributed by atoms with E-state index in [2.05, 4.69) is 0 Å². The molecule has 0 spiro atoms. The first-order chi connectivity index (χ1) is 4.98. The molecule has 0 saturated carbocycles. The van der Waals surface area contributed by atoms with Crippen LogP contribution in [-0.4, -0.2) is 16.7 Å². The van der Waals surface area contributed by atoms with Gasteiger partial charge in [0.2, 0.25) is 0 Å². The second kappa shape index (κ2) is 4.66. The summed E-state index contributed by atoms with van der Waals surface area (Å²) in [7, 11) is -1.38. The van der Waals surface area contributed by atoms with Gasteiger partial charge in [-0.25, -0.2) is 0 Å². The lowest BCUT2D eigenvalue weighted by Crippen LogP contribution is -2.12. The first-order valence-corrected chi connectivity index (χ1v) is 4.68. The Morgan fingerprint density at radius 3 is 2.45 bits per heavy atom. The Kier molecular flexibility index (Phi) is 4.60. The first kappa shape index (κ1) is 10.8. The number of nitrogens with zero attached hydrogens (tertiary/aromatic N) is 1. The van der Waals surface area contributed by atoms with Crippen molar-refractivity contribution in [1.82, 2.24) is 0 Å². The average Bonchev–Trinajstić information content (AvgIpc) is 1.86. The van der Waals surface area contributed by atoms with Gasteiger partial charge in [-0.3, -0.25) is 0 Å². The highest BCUT2D eigenvalue weighted by Crippen LogP contribution is 2.46. The largest absolute Gasteiger partial charge is 0.350 e. The van der Waals surface area contributed by atoms with Crippen LogP contribution in [0.5, 0.6) is 0 Å². The Bertz CT molecular complexity index is 148. The first-order valence-electron chi connectivity index (χ1n) is 3.47. The van der Waals surface area contributed by atoms with Gasteiger partial charge in [0.1, 0.15) is 0 Å². The fourth-order valence-electron chi connectivity index (χ4n) is 0.371. The second-order valence-corrected chi connectivity index (χ2v) is 5.33. The van der Waals surface area contributed by atoms with Crippen LogP contribution in [0.1, 0.15) is 27.2 Å². The van der Waals surface area contributed by atoms with Crippen molar-refractivity contribution in [3.05, 3.63) is 0 Å². The smallest absolute Gasteiger partial charge is 0.173 e. The zero-order valence-corrected chi connectivity index (χ0v) is 8.06. The van der Waals surface area contributed by atoms with Crippen LogP contribution in [0.25, 0.3) is 0 Å². The fraction of sp³-hybridized carbons (Fsp3) is 0.857. The normalized spacial score (nSPS) is 14.1. The Balaban J connectivity index is 3.55. The molecule has 1 atom stereocenters. The number of rotatable bonds is 3. The van der Waals surface area contributed by atoms with Crippen LogP contribution in [0.15, 0.2) is 0 Å². The molecule has 0 aliphatic rings. The van der Waals surface area contributed by atoms with E-state index in [1.165, 1.54) is 0 Å². The van der Waals surface area contributed by atoms with Gasteiger partial charge >= 0.3 is 0 Å². The maximum absolute atomic E-state index is 9.35. The molecule has 0 aliphatic carbocycles. The Hall–Kier alpha value is -0.160. The van der Waals surface area contributed by atoms with E-state index in [-0.39, 0.29) is 5.16 Å². The maximum atomic E-state index is 9.35. The molecule has 1 unspecified atom stereocenters. The summed E-state index contributed by atoms with van der Waals surface area (Å²) in [6, 6.07) is 1.95. The predicted octanol–water partition coefficient (Wildman–Crippen LogP) is 2.02. The van der Waals surface area contributed by atoms with E-state index in [0.29, 0.717) is 13.0 Å². The molecule has 1 N–H and O–H groups in total. The maximum Gasteiger partial charge on any atom is 0.173 e. The van der Waals surface area contributed by atoms with E-state index in [4.69, 9.17) is 9.79 Å². The van der Waals surface area contributed by atoms with Crippen molar-refractivity contribution in [2.45, 2.75) is 32.3 Å². The van der Waals surface area contributed by atoms with Crippen molar-refractivity contribution in [2.75, 3.05) is 6.61 Å². The van der Waals surface area contributed by atoms with E-state index in [9.17, 15) is 4.89 Å². The quantitative estimate of drug-likeness (QED) is 0.527. The Morgan fingerprint density at radius 2 is 2.09 bits per heavy atom. The third kappa shape index (κ3) is 5.15. The molecule has 3 nitrogen and oxygen atoms in total. The summed E-state index contributed by atoms with van der Waals surface area (Å²) in [5.74, 6) is 0. The van der Waals surface area contributed by atoms with Crippen molar-refractivity contribution < 1.29 is 9.42 Å². The Morgan fingerprint density at radius 1 is 1.55 bits per heavy atom. The van der Waals surface area contributed by atoms with Crippen LogP contribution in [-0.2, 0) is 4.52 Å². The minimum absolute atomic E-state index is 0.204. The van der Waals surface area contributed by atoms with Gasteiger partial charge in [-0.2, -0.15) is 5.26 Å². The molecule has 4 heteroatoms. The summed E-state index contributed by atoms with van der Waals surface area (Å²) >= 11 is 0. The lowest BCUT2D eigenvalue weighted by molar-refractivity contribution is 0.302. The van der Waals surface area contributed by atoms with E-state index in [1.54, 1.807) is 0 Å². The zero-order chi connectivity index (χ0) is 8.91.